The summed E-state index contributed by atoms with van der Waals surface area (Å²) in [5, 5.41) is 13.9. The topological polar surface area (TPSA) is 106 Å². The molecule has 2 heterocycles. The van der Waals surface area contributed by atoms with Crippen molar-refractivity contribution in [2.75, 3.05) is 0 Å². The van der Waals surface area contributed by atoms with Crippen LogP contribution in [0.25, 0.3) is 0 Å². The molecule has 0 bridgehead atoms. The number of fused-ring (bicyclic) bond motifs is 1. The lowest BCUT2D eigenvalue weighted by Gasteiger charge is -2.13. The SMILES string of the molecule is Cn1cc2c(n1)CCC(NC(=O)c1n[nH]c(Cc3ccccc3)n1)C(=O)C2. The number of aromatic nitrogens is 5. The maximum absolute atomic E-state index is 12.5. The van der Waals surface area contributed by atoms with Gasteiger partial charge in [-0.1, -0.05) is 30.3 Å². The van der Waals surface area contributed by atoms with Gasteiger partial charge in [-0.15, -0.1) is 5.10 Å². The van der Waals surface area contributed by atoms with E-state index in [2.05, 4.69) is 25.6 Å². The van der Waals surface area contributed by atoms with E-state index < -0.39 is 11.9 Å². The fourth-order valence-electron chi connectivity index (χ4n) is 3.34. The number of nitrogens with zero attached hydrogens (tertiary/aromatic N) is 4. The van der Waals surface area contributed by atoms with Crippen LogP contribution in [0.2, 0.25) is 0 Å². The third-order valence-electron chi connectivity index (χ3n) is 4.67. The summed E-state index contributed by atoms with van der Waals surface area (Å²) in [4.78, 5) is 29.2. The number of H-pyrrole nitrogens is 1. The van der Waals surface area contributed by atoms with Crippen LogP contribution in [0.5, 0.6) is 0 Å². The predicted octanol–water partition coefficient (Wildman–Crippen LogP) is 0.985. The number of Topliss-reactive ketones (excluding diaryl/α,β-unsaturated/α-hetero) is 1. The lowest BCUT2D eigenvalue weighted by molar-refractivity contribution is -0.120. The molecule has 2 aromatic heterocycles. The van der Waals surface area contributed by atoms with Crippen LogP contribution >= 0.6 is 0 Å². The molecule has 0 saturated heterocycles. The number of carbonyl (C=O) groups is 2. The van der Waals surface area contributed by atoms with E-state index in [4.69, 9.17) is 0 Å². The van der Waals surface area contributed by atoms with E-state index >= 15 is 0 Å². The molecule has 0 fully saturated rings. The maximum atomic E-state index is 12.5. The van der Waals surface area contributed by atoms with E-state index in [0.29, 0.717) is 25.1 Å². The summed E-state index contributed by atoms with van der Waals surface area (Å²) in [6, 6.07) is 9.26. The third-order valence-corrected chi connectivity index (χ3v) is 4.67. The van der Waals surface area contributed by atoms with Gasteiger partial charge in [0.05, 0.1) is 11.7 Å². The first-order valence-electron chi connectivity index (χ1n) is 8.88. The Morgan fingerprint density at radius 3 is 2.96 bits per heavy atom. The summed E-state index contributed by atoms with van der Waals surface area (Å²) in [5.74, 6) is 0.198. The Bertz CT molecular complexity index is 975. The van der Waals surface area contributed by atoms with E-state index in [1.54, 1.807) is 4.68 Å². The van der Waals surface area contributed by atoms with Crippen molar-refractivity contribution < 1.29 is 9.59 Å². The summed E-state index contributed by atoms with van der Waals surface area (Å²) in [7, 11) is 1.84. The minimum atomic E-state index is -0.548. The standard InChI is InChI=1S/C19H20N6O2/c1-25-11-13-10-16(26)15(8-7-14(13)24-25)20-19(27)18-21-17(22-23-18)9-12-5-3-2-4-6-12/h2-6,11,15H,7-10H2,1H3,(H,20,27)(H,21,22,23). The minimum absolute atomic E-state index is 0.0184. The molecule has 0 spiro atoms. The molecule has 0 radical (unpaired) electrons. The molecule has 1 aliphatic carbocycles. The Kier molecular flexibility index (Phi) is 4.53. The number of carbonyl (C=O) groups excluding carboxylic acids is 2. The molecule has 4 rings (SSSR count). The number of aromatic amines is 1. The van der Waals surface area contributed by atoms with Crippen LogP contribution in [0.15, 0.2) is 36.5 Å². The Morgan fingerprint density at radius 1 is 1.33 bits per heavy atom. The molecule has 0 aliphatic heterocycles. The van der Waals surface area contributed by atoms with Gasteiger partial charge < -0.3 is 5.32 Å². The van der Waals surface area contributed by atoms with Gasteiger partial charge in [-0.2, -0.15) is 5.10 Å². The molecule has 8 heteroatoms. The van der Waals surface area contributed by atoms with Gasteiger partial charge in [0, 0.05) is 31.6 Å². The molecule has 1 atom stereocenters. The molecule has 3 aromatic rings. The second-order valence-corrected chi connectivity index (χ2v) is 6.75. The fourth-order valence-corrected chi connectivity index (χ4v) is 3.34. The summed E-state index contributed by atoms with van der Waals surface area (Å²) < 4.78 is 1.72. The molecule has 0 saturated carbocycles. The minimum Gasteiger partial charge on any atom is -0.339 e. The van der Waals surface area contributed by atoms with Crippen molar-refractivity contribution in [2.24, 2.45) is 7.05 Å². The smallest absolute Gasteiger partial charge is 0.291 e. The highest BCUT2D eigenvalue weighted by Gasteiger charge is 2.28. The van der Waals surface area contributed by atoms with E-state index in [0.717, 1.165) is 16.8 Å². The van der Waals surface area contributed by atoms with E-state index in [9.17, 15) is 9.59 Å². The molecule has 1 unspecified atom stereocenters. The number of benzene rings is 1. The molecule has 2 N–H and O–H groups in total. The zero-order chi connectivity index (χ0) is 18.8. The average molecular weight is 364 g/mol. The van der Waals surface area contributed by atoms with Crippen molar-refractivity contribution in [3.63, 3.8) is 0 Å². The highest BCUT2D eigenvalue weighted by molar-refractivity contribution is 5.96. The average Bonchev–Trinajstić information content (AvgIpc) is 3.22. The Balaban J connectivity index is 1.40. The largest absolute Gasteiger partial charge is 0.339 e. The summed E-state index contributed by atoms with van der Waals surface area (Å²) in [6.45, 7) is 0. The first kappa shape index (κ1) is 17.1. The van der Waals surface area contributed by atoms with Gasteiger partial charge >= 0.3 is 0 Å². The normalized spacial score (nSPS) is 16.6. The number of aryl methyl sites for hydroxylation is 2. The fraction of sp³-hybridized carbons (Fsp3) is 0.316. The molecular weight excluding hydrogens is 344 g/mol. The highest BCUT2D eigenvalue weighted by atomic mass is 16.2. The highest BCUT2D eigenvalue weighted by Crippen LogP contribution is 2.17. The number of nitrogens with one attached hydrogen (secondary N) is 2. The Morgan fingerprint density at radius 2 is 2.15 bits per heavy atom. The van der Waals surface area contributed by atoms with Crippen molar-refractivity contribution in [3.05, 3.63) is 65.0 Å². The third kappa shape index (κ3) is 3.79. The molecule has 1 aromatic carbocycles. The van der Waals surface area contributed by atoms with Crippen LogP contribution in [-0.2, 0) is 31.1 Å². The summed E-state index contributed by atoms with van der Waals surface area (Å²) in [5.41, 5.74) is 2.93. The zero-order valence-corrected chi connectivity index (χ0v) is 15.0. The van der Waals surface area contributed by atoms with Crippen LogP contribution in [0.1, 0.15) is 39.7 Å². The maximum Gasteiger partial charge on any atom is 0.291 e. The summed E-state index contributed by atoms with van der Waals surface area (Å²) >= 11 is 0. The first-order valence-corrected chi connectivity index (χ1v) is 8.88. The van der Waals surface area contributed by atoms with Gasteiger partial charge in [0.15, 0.2) is 5.78 Å². The van der Waals surface area contributed by atoms with Crippen molar-refractivity contribution in [1.29, 1.82) is 0 Å². The van der Waals surface area contributed by atoms with Gasteiger partial charge in [-0.25, -0.2) is 4.98 Å². The Labute approximate surface area is 156 Å². The number of amides is 1. The molecular formula is C19H20N6O2. The predicted molar refractivity (Wildman–Crippen MR) is 97.1 cm³/mol. The zero-order valence-electron chi connectivity index (χ0n) is 15.0. The van der Waals surface area contributed by atoms with E-state index in [1.165, 1.54) is 0 Å². The first-order chi connectivity index (χ1) is 13.1. The number of rotatable bonds is 4. The second kappa shape index (κ2) is 7.14. The quantitative estimate of drug-likeness (QED) is 0.672. The van der Waals surface area contributed by atoms with Gasteiger partial charge in [-0.3, -0.25) is 19.4 Å². The lowest BCUT2D eigenvalue weighted by atomic mass is 10.1. The van der Waals surface area contributed by atoms with Crippen molar-refractivity contribution in [3.8, 4) is 0 Å². The number of hydrogen-bond donors (Lipinski definition) is 2. The number of ketones is 1. The molecule has 1 aliphatic rings. The number of hydrogen-bond acceptors (Lipinski definition) is 5. The molecule has 27 heavy (non-hydrogen) atoms. The van der Waals surface area contributed by atoms with Crippen LogP contribution in [0.3, 0.4) is 0 Å². The molecule has 138 valence electrons. The molecule has 1 amide bonds. The van der Waals surface area contributed by atoms with Gasteiger partial charge in [-0.05, 0) is 18.4 Å². The van der Waals surface area contributed by atoms with Crippen LogP contribution in [0.4, 0.5) is 0 Å². The molecule has 8 nitrogen and oxygen atoms in total. The van der Waals surface area contributed by atoms with Crippen LogP contribution < -0.4 is 5.32 Å². The van der Waals surface area contributed by atoms with Crippen molar-refractivity contribution in [1.82, 2.24) is 30.3 Å². The monoisotopic (exact) mass is 364 g/mol. The summed E-state index contributed by atoms with van der Waals surface area (Å²) in [6.07, 6.45) is 3.88. The van der Waals surface area contributed by atoms with Crippen molar-refractivity contribution in [2.45, 2.75) is 31.7 Å². The van der Waals surface area contributed by atoms with Crippen molar-refractivity contribution >= 4 is 11.7 Å². The van der Waals surface area contributed by atoms with E-state index in [-0.39, 0.29) is 18.0 Å². The van der Waals surface area contributed by atoms with Gasteiger partial charge in [0.2, 0.25) is 5.82 Å². The van der Waals surface area contributed by atoms with Gasteiger partial charge in [0.25, 0.3) is 5.91 Å². The Hall–Kier alpha value is -3.29. The lowest BCUT2D eigenvalue weighted by Crippen LogP contribution is -2.41. The van der Waals surface area contributed by atoms with Crippen LogP contribution in [-0.4, -0.2) is 42.7 Å². The van der Waals surface area contributed by atoms with Gasteiger partial charge in [0.1, 0.15) is 5.82 Å². The van der Waals surface area contributed by atoms with Crippen LogP contribution in [0, 0.1) is 0 Å². The second-order valence-electron chi connectivity index (χ2n) is 6.75. The van der Waals surface area contributed by atoms with E-state index in [1.807, 2.05) is 43.6 Å².